The number of fused-ring (bicyclic) bond motifs is 1. The average Bonchev–Trinajstić information content (AvgIpc) is 2.95. The molecule has 0 spiro atoms. The predicted octanol–water partition coefficient (Wildman–Crippen LogP) is 4.41. The fourth-order valence-electron chi connectivity index (χ4n) is 2.02. The first-order valence-corrected chi connectivity index (χ1v) is 8.05. The molecule has 4 heteroatoms. The maximum atomic E-state index is 5.96. The van der Waals surface area contributed by atoms with Gasteiger partial charge in [-0.2, -0.15) is 0 Å². The van der Waals surface area contributed by atoms with Gasteiger partial charge in [0.2, 0.25) is 0 Å². The molecule has 0 radical (unpaired) electrons. The molecule has 0 amide bonds. The zero-order chi connectivity index (χ0) is 14.5. The van der Waals surface area contributed by atoms with Gasteiger partial charge in [-0.05, 0) is 29.7 Å². The van der Waals surface area contributed by atoms with Crippen molar-refractivity contribution < 1.29 is 0 Å². The van der Waals surface area contributed by atoms with E-state index < -0.39 is 0 Å². The zero-order valence-electron chi connectivity index (χ0n) is 11.3. The van der Waals surface area contributed by atoms with Crippen molar-refractivity contribution in [2.75, 3.05) is 0 Å². The van der Waals surface area contributed by atoms with Crippen LogP contribution in [0.1, 0.15) is 22.7 Å². The Morgan fingerprint density at radius 1 is 1.14 bits per heavy atom. The van der Waals surface area contributed by atoms with Gasteiger partial charge in [-0.15, -0.1) is 22.9 Å². The van der Waals surface area contributed by atoms with Gasteiger partial charge in [-0.25, -0.2) is 9.97 Å². The van der Waals surface area contributed by atoms with E-state index in [0.717, 1.165) is 34.6 Å². The van der Waals surface area contributed by atoms with E-state index in [1.54, 1.807) is 17.5 Å². The molecule has 2 heterocycles. The maximum absolute atomic E-state index is 5.96. The third-order valence-electron chi connectivity index (χ3n) is 3.03. The summed E-state index contributed by atoms with van der Waals surface area (Å²) in [4.78, 5) is 8.82. The molecule has 0 aliphatic rings. The van der Waals surface area contributed by atoms with Crippen LogP contribution in [-0.2, 0) is 12.3 Å². The van der Waals surface area contributed by atoms with E-state index in [-0.39, 0.29) is 0 Å². The Balaban J connectivity index is 1.70. The summed E-state index contributed by atoms with van der Waals surface area (Å²) in [6.45, 7) is 0. The smallest absolute Gasteiger partial charge is 0.113 e. The second-order valence-corrected chi connectivity index (χ2v) is 5.87. The van der Waals surface area contributed by atoms with Crippen LogP contribution < -0.4 is 0 Å². The number of nitrogens with zero attached hydrogens (tertiary/aromatic N) is 2. The zero-order valence-corrected chi connectivity index (χ0v) is 12.9. The molecule has 0 saturated carbocycles. The first-order chi connectivity index (χ1) is 10.4. The van der Waals surface area contributed by atoms with Crippen molar-refractivity contribution in [3.8, 4) is 11.8 Å². The van der Waals surface area contributed by atoms with Crippen molar-refractivity contribution in [1.29, 1.82) is 0 Å². The van der Waals surface area contributed by atoms with Crippen LogP contribution in [0.25, 0.3) is 10.2 Å². The molecular formula is C17H13ClN2S. The lowest BCUT2D eigenvalue weighted by molar-refractivity contribution is 1.01. The summed E-state index contributed by atoms with van der Waals surface area (Å²) in [6.07, 6.45) is 3.40. The number of hydrogen-bond donors (Lipinski definition) is 0. The summed E-state index contributed by atoms with van der Waals surface area (Å²) >= 11 is 7.68. The van der Waals surface area contributed by atoms with E-state index in [1.165, 1.54) is 4.70 Å². The van der Waals surface area contributed by atoms with Crippen LogP contribution in [0.4, 0.5) is 0 Å². The van der Waals surface area contributed by atoms with Gasteiger partial charge in [-0.1, -0.05) is 24.1 Å². The van der Waals surface area contributed by atoms with E-state index >= 15 is 0 Å². The van der Waals surface area contributed by atoms with Crippen LogP contribution >= 0.6 is 22.9 Å². The molecule has 21 heavy (non-hydrogen) atoms. The highest BCUT2D eigenvalue weighted by atomic mass is 35.5. The van der Waals surface area contributed by atoms with Gasteiger partial charge in [0.15, 0.2) is 0 Å². The number of pyridine rings is 1. The standard InChI is InChI=1S/C17H13ClN2S/c18-12-13-6-5-9-15-17(13)21-16(20-15)10-2-1-7-14-8-3-4-11-19-14/h3-6,8-9,11H,2,10,12H2. The van der Waals surface area contributed by atoms with Gasteiger partial charge in [0, 0.05) is 24.9 Å². The maximum Gasteiger partial charge on any atom is 0.113 e. The van der Waals surface area contributed by atoms with Crippen molar-refractivity contribution in [3.63, 3.8) is 0 Å². The molecule has 3 rings (SSSR count). The Morgan fingerprint density at radius 2 is 2.10 bits per heavy atom. The highest BCUT2D eigenvalue weighted by Gasteiger charge is 2.06. The van der Waals surface area contributed by atoms with Crippen LogP contribution in [0.2, 0.25) is 0 Å². The Hall–Kier alpha value is -1.89. The van der Waals surface area contributed by atoms with Crippen molar-refractivity contribution in [1.82, 2.24) is 9.97 Å². The first-order valence-electron chi connectivity index (χ1n) is 6.70. The topological polar surface area (TPSA) is 25.8 Å². The Morgan fingerprint density at radius 3 is 2.90 bits per heavy atom. The minimum Gasteiger partial charge on any atom is -0.248 e. The van der Waals surface area contributed by atoms with Gasteiger partial charge in [-0.3, -0.25) is 0 Å². The minimum absolute atomic E-state index is 0.526. The van der Waals surface area contributed by atoms with Crippen LogP contribution in [0.15, 0.2) is 42.6 Å². The molecule has 104 valence electrons. The van der Waals surface area contributed by atoms with Crippen molar-refractivity contribution in [2.24, 2.45) is 0 Å². The summed E-state index contributed by atoms with van der Waals surface area (Å²) in [6, 6.07) is 11.8. The monoisotopic (exact) mass is 312 g/mol. The molecule has 0 unspecified atom stereocenters. The van der Waals surface area contributed by atoms with Crippen LogP contribution in [0.3, 0.4) is 0 Å². The molecular weight excluding hydrogens is 300 g/mol. The van der Waals surface area contributed by atoms with Crippen molar-refractivity contribution >= 4 is 33.2 Å². The highest BCUT2D eigenvalue weighted by Crippen LogP contribution is 2.27. The lowest BCUT2D eigenvalue weighted by Crippen LogP contribution is -1.82. The molecule has 0 atom stereocenters. The molecule has 0 fully saturated rings. The van der Waals surface area contributed by atoms with Gasteiger partial charge in [0.25, 0.3) is 0 Å². The van der Waals surface area contributed by atoms with Crippen LogP contribution in [0.5, 0.6) is 0 Å². The predicted molar refractivity (Wildman–Crippen MR) is 88.6 cm³/mol. The molecule has 0 saturated heterocycles. The normalized spacial score (nSPS) is 10.3. The van der Waals surface area contributed by atoms with E-state index in [2.05, 4.69) is 27.9 Å². The summed E-state index contributed by atoms with van der Waals surface area (Å²) < 4.78 is 1.19. The van der Waals surface area contributed by atoms with Gasteiger partial charge in [0.05, 0.1) is 15.2 Å². The Kier molecular flexibility index (Phi) is 4.49. The van der Waals surface area contributed by atoms with Crippen LogP contribution in [-0.4, -0.2) is 9.97 Å². The Labute approximate surface area is 132 Å². The van der Waals surface area contributed by atoms with Gasteiger partial charge >= 0.3 is 0 Å². The fourth-order valence-corrected chi connectivity index (χ4v) is 3.40. The van der Waals surface area contributed by atoms with Gasteiger partial charge in [0.1, 0.15) is 5.69 Å². The molecule has 1 aromatic carbocycles. The third-order valence-corrected chi connectivity index (χ3v) is 4.52. The summed E-state index contributed by atoms with van der Waals surface area (Å²) in [5.41, 5.74) is 2.99. The van der Waals surface area contributed by atoms with E-state index in [0.29, 0.717) is 5.88 Å². The molecule has 0 aliphatic carbocycles. The number of halogens is 1. The fraction of sp³-hybridized carbons (Fsp3) is 0.176. The molecule has 0 bridgehead atoms. The van der Waals surface area contributed by atoms with E-state index in [9.17, 15) is 0 Å². The Bertz CT molecular complexity index is 800. The quantitative estimate of drug-likeness (QED) is 0.528. The largest absolute Gasteiger partial charge is 0.248 e. The van der Waals surface area contributed by atoms with E-state index in [1.807, 2.05) is 30.3 Å². The lowest BCUT2D eigenvalue weighted by atomic mass is 10.2. The second-order valence-electron chi connectivity index (χ2n) is 4.52. The molecule has 0 N–H and O–H groups in total. The summed E-state index contributed by atoms with van der Waals surface area (Å²) in [5, 5.41) is 1.11. The number of alkyl halides is 1. The summed E-state index contributed by atoms with van der Waals surface area (Å²) in [7, 11) is 0. The number of benzene rings is 1. The highest BCUT2D eigenvalue weighted by molar-refractivity contribution is 7.18. The average molecular weight is 313 g/mol. The third kappa shape index (κ3) is 3.41. The number of thiazole rings is 1. The van der Waals surface area contributed by atoms with Crippen molar-refractivity contribution in [3.05, 3.63) is 58.9 Å². The first kappa shape index (κ1) is 14.1. The lowest BCUT2D eigenvalue weighted by Gasteiger charge is -1.94. The number of rotatable bonds is 3. The number of aromatic nitrogens is 2. The molecule has 2 nitrogen and oxygen atoms in total. The molecule has 2 aromatic heterocycles. The second kappa shape index (κ2) is 6.71. The number of hydrogen-bond acceptors (Lipinski definition) is 3. The SMILES string of the molecule is ClCc1cccc2nc(CCC#Cc3ccccn3)sc12. The van der Waals surface area contributed by atoms with Gasteiger partial charge < -0.3 is 0 Å². The van der Waals surface area contributed by atoms with E-state index in [4.69, 9.17) is 11.6 Å². The molecule has 0 aliphatic heterocycles. The summed E-state index contributed by atoms with van der Waals surface area (Å²) in [5.74, 6) is 6.74. The molecule has 3 aromatic rings. The number of aryl methyl sites for hydroxylation is 1. The minimum atomic E-state index is 0.526. The van der Waals surface area contributed by atoms with Crippen molar-refractivity contribution in [2.45, 2.75) is 18.7 Å². The van der Waals surface area contributed by atoms with Crippen LogP contribution in [0, 0.1) is 11.8 Å².